The molecule has 1 aromatic heterocycles. The van der Waals surface area contributed by atoms with Gasteiger partial charge in [-0.2, -0.15) is 4.31 Å². The number of benzene rings is 2. The molecule has 210 valence electrons. The first-order chi connectivity index (χ1) is 18.8. The summed E-state index contributed by atoms with van der Waals surface area (Å²) in [5, 5.41) is 0.552. The monoisotopic (exact) mass is 576 g/mol. The molecule has 3 aromatic rings. The summed E-state index contributed by atoms with van der Waals surface area (Å²) in [5.41, 5.74) is 0.655. The van der Waals surface area contributed by atoms with Gasteiger partial charge in [-0.05, 0) is 61.7 Å². The highest BCUT2D eigenvalue weighted by Crippen LogP contribution is 2.33. The molecule has 0 saturated carbocycles. The standard InChI is InChI=1S/C27H33FN4O5S2/c1-36-22-4-6-23(7-5-22)39(34,35)31-13-9-20(10-14-31)26(33)32(12-2-11-30-15-17-37-18-16-30)27-29-24-8-3-21(28)19-25(24)38-27/h3-8,19-20H,2,9-18H2,1H3. The third-order valence-corrected chi connectivity index (χ3v) is 10.3. The van der Waals surface area contributed by atoms with Crippen molar-refractivity contribution >= 4 is 42.6 Å². The van der Waals surface area contributed by atoms with Gasteiger partial charge in [0.15, 0.2) is 5.13 Å². The molecule has 0 atom stereocenters. The van der Waals surface area contributed by atoms with E-state index in [1.165, 1.54) is 47.0 Å². The number of carbonyl (C=O) groups excluding carboxylic acids is 1. The first-order valence-electron chi connectivity index (χ1n) is 13.2. The Bertz CT molecular complexity index is 1380. The molecular weight excluding hydrogens is 543 g/mol. The van der Waals surface area contributed by atoms with Crippen LogP contribution >= 0.6 is 11.3 Å². The van der Waals surface area contributed by atoms with Gasteiger partial charge in [-0.1, -0.05) is 11.3 Å². The highest BCUT2D eigenvalue weighted by Gasteiger charge is 2.35. The van der Waals surface area contributed by atoms with Gasteiger partial charge < -0.3 is 9.47 Å². The number of sulfonamides is 1. The van der Waals surface area contributed by atoms with E-state index in [1.54, 1.807) is 23.1 Å². The second kappa shape index (κ2) is 12.3. The van der Waals surface area contributed by atoms with Crippen LogP contribution in [0, 0.1) is 11.7 Å². The Labute approximate surface area is 232 Å². The minimum absolute atomic E-state index is 0.0574. The van der Waals surface area contributed by atoms with Crippen molar-refractivity contribution < 1.29 is 27.1 Å². The lowest BCUT2D eigenvalue weighted by Crippen LogP contribution is -2.45. The van der Waals surface area contributed by atoms with E-state index in [9.17, 15) is 17.6 Å². The fourth-order valence-electron chi connectivity index (χ4n) is 5.04. The zero-order valence-corrected chi connectivity index (χ0v) is 23.6. The van der Waals surface area contributed by atoms with Crippen LogP contribution in [0.4, 0.5) is 9.52 Å². The van der Waals surface area contributed by atoms with Gasteiger partial charge in [0, 0.05) is 45.2 Å². The number of anilines is 1. The molecule has 2 fully saturated rings. The molecule has 2 aliphatic rings. The summed E-state index contributed by atoms with van der Waals surface area (Å²) in [6.45, 7) is 5.02. The van der Waals surface area contributed by atoms with Gasteiger partial charge in [-0.3, -0.25) is 14.6 Å². The number of carbonyl (C=O) groups is 1. The van der Waals surface area contributed by atoms with Crippen molar-refractivity contribution in [3.05, 3.63) is 48.3 Å². The molecule has 2 aromatic carbocycles. The number of ether oxygens (including phenoxy) is 2. The highest BCUT2D eigenvalue weighted by molar-refractivity contribution is 7.89. The minimum Gasteiger partial charge on any atom is -0.497 e. The summed E-state index contributed by atoms with van der Waals surface area (Å²) in [4.78, 5) is 22.7. The number of nitrogens with zero attached hydrogens (tertiary/aromatic N) is 4. The number of aromatic nitrogens is 1. The van der Waals surface area contributed by atoms with Crippen LogP contribution in [0.25, 0.3) is 10.2 Å². The average molecular weight is 577 g/mol. The van der Waals surface area contributed by atoms with Gasteiger partial charge in [0.05, 0.1) is 35.4 Å². The summed E-state index contributed by atoms with van der Waals surface area (Å²) < 4.78 is 52.9. The molecule has 9 nitrogen and oxygen atoms in total. The van der Waals surface area contributed by atoms with Crippen LogP contribution in [0.15, 0.2) is 47.4 Å². The van der Waals surface area contributed by atoms with E-state index in [4.69, 9.17) is 9.47 Å². The number of hydrogen-bond donors (Lipinski definition) is 0. The topological polar surface area (TPSA) is 92.3 Å². The van der Waals surface area contributed by atoms with Crippen molar-refractivity contribution in [2.24, 2.45) is 5.92 Å². The summed E-state index contributed by atoms with van der Waals surface area (Å²) in [5.74, 6) is -0.129. The number of rotatable bonds is 9. The molecular formula is C27H33FN4O5S2. The summed E-state index contributed by atoms with van der Waals surface area (Å²) in [7, 11) is -2.13. The van der Waals surface area contributed by atoms with E-state index < -0.39 is 10.0 Å². The Balaban J connectivity index is 1.28. The second-order valence-electron chi connectivity index (χ2n) is 9.76. The van der Waals surface area contributed by atoms with Gasteiger partial charge >= 0.3 is 0 Å². The summed E-state index contributed by atoms with van der Waals surface area (Å²) in [6, 6.07) is 10.8. The van der Waals surface area contributed by atoms with Gasteiger partial charge in [-0.15, -0.1) is 0 Å². The van der Waals surface area contributed by atoms with Crippen molar-refractivity contribution in [3.8, 4) is 5.75 Å². The smallest absolute Gasteiger partial charge is 0.243 e. The van der Waals surface area contributed by atoms with Crippen molar-refractivity contribution in [2.45, 2.75) is 24.2 Å². The number of morpholine rings is 1. The molecule has 3 heterocycles. The molecule has 0 spiro atoms. The average Bonchev–Trinajstić information content (AvgIpc) is 3.38. The van der Waals surface area contributed by atoms with Crippen LogP contribution in [0.2, 0.25) is 0 Å². The first kappa shape index (κ1) is 27.9. The fourth-order valence-corrected chi connectivity index (χ4v) is 7.53. The van der Waals surface area contributed by atoms with Crippen molar-refractivity contribution in [1.82, 2.24) is 14.2 Å². The molecule has 39 heavy (non-hydrogen) atoms. The molecule has 5 rings (SSSR count). The molecule has 0 N–H and O–H groups in total. The molecule has 2 saturated heterocycles. The van der Waals surface area contributed by atoms with E-state index in [0.717, 1.165) is 26.1 Å². The van der Waals surface area contributed by atoms with E-state index in [2.05, 4.69) is 9.88 Å². The Hall–Kier alpha value is -2.64. The number of amides is 1. The summed E-state index contributed by atoms with van der Waals surface area (Å²) >= 11 is 1.31. The Morgan fingerprint density at radius 3 is 2.54 bits per heavy atom. The minimum atomic E-state index is -3.67. The second-order valence-corrected chi connectivity index (χ2v) is 12.7. The van der Waals surface area contributed by atoms with Gasteiger partial charge in [0.2, 0.25) is 15.9 Å². The highest BCUT2D eigenvalue weighted by atomic mass is 32.2. The lowest BCUT2D eigenvalue weighted by atomic mass is 9.96. The summed E-state index contributed by atoms with van der Waals surface area (Å²) in [6.07, 6.45) is 1.61. The number of methoxy groups -OCH3 is 1. The lowest BCUT2D eigenvalue weighted by Gasteiger charge is -2.33. The van der Waals surface area contributed by atoms with E-state index in [1.807, 2.05) is 0 Å². The van der Waals surface area contributed by atoms with Crippen LogP contribution in [0.5, 0.6) is 5.75 Å². The van der Waals surface area contributed by atoms with E-state index in [-0.39, 0.29) is 35.6 Å². The van der Waals surface area contributed by atoms with Gasteiger partial charge in [-0.25, -0.2) is 17.8 Å². The Kier molecular flexibility index (Phi) is 8.77. The fraction of sp³-hybridized carbons (Fsp3) is 0.481. The number of piperidine rings is 1. The van der Waals surface area contributed by atoms with E-state index in [0.29, 0.717) is 53.7 Å². The quantitative estimate of drug-likeness (QED) is 0.384. The Morgan fingerprint density at radius 1 is 1.13 bits per heavy atom. The molecule has 0 unspecified atom stereocenters. The SMILES string of the molecule is COc1ccc(S(=O)(=O)N2CCC(C(=O)N(CCCN3CCOCC3)c3nc4ccc(F)cc4s3)CC2)cc1. The van der Waals surface area contributed by atoms with Crippen LogP contribution in [-0.2, 0) is 19.6 Å². The third-order valence-electron chi connectivity index (χ3n) is 7.30. The van der Waals surface area contributed by atoms with Crippen LogP contribution in [-0.4, -0.2) is 88.1 Å². The molecule has 2 aliphatic heterocycles. The largest absolute Gasteiger partial charge is 0.497 e. The van der Waals surface area contributed by atoms with Crippen LogP contribution in [0.1, 0.15) is 19.3 Å². The maximum atomic E-state index is 13.8. The number of thiazole rings is 1. The van der Waals surface area contributed by atoms with Crippen molar-refractivity contribution in [1.29, 1.82) is 0 Å². The van der Waals surface area contributed by atoms with E-state index >= 15 is 0 Å². The van der Waals surface area contributed by atoms with Gasteiger partial charge in [0.1, 0.15) is 11.6 Å². The third kappa shape index (κ3) is 6.41. The van der Waals surface area contributed by atoms with Crippen molar-refractivity contribution in [2.75, 3.05) is 64.5 Å². The Morgan fingerprint density at radius 2 is 1.85 bits per heavy atom. The molecule has 0 bridgehead atoms. The first-order valence-corrected chi connectivity index (χ1v) is 15.4. The predicted molar refractivity (Wildman–Crippen MR) is 148 cm³/mol. The normalized spacial score (nSPS) is 17.9. The zero-order valence-electron chi connectivity index (χ0n) is 21.9. The predicted octanol–water partition coefficient (Wildman–Crippen LogP) is 3.60. The molecule has 0 radical (unpaired) electrons. The molecule has 12 heteroatoms. The van der Waals surface area contributed by atoms with Gasteiger partial charge in [0.25, 0.3) is 0 Å². The maximum Gasteiger partial charge on any atom is 0.243 e. The maximum absolute atomic E-state index is 13.8. The number of fused-ring (bicyclic) bond motifs is 1. The molecule has 0 aliphatic carbocycles. The zero-order chi connectivity index (χ0) is 27.4. The van der Waals surface area contributed by atoms with Crippen molar-refractivity contribution in [3.63, 3.8) is 0 Å². The number of halogens is 1. The van der Waals surface area contributed by atoms with Crippen LogP contribution < -0.4 is 9.64 Å². The van der Waals surface area contributed by atoms with Crippen LogP contribution in [0.3, 0.4) is 0 Å². The lowest BCUT2D eigenvalue weighted by molar-refractivity contribution is -0.123. The number of hydrogen-bond acceptors (Lipinski definition) is 8. The molecule has 1 amide bonds.